The number of amides is 2. The zero-order chi connectivity index (χ0) is 17.8. The second kappa shape index (κ2) is 8.00. The van der Waals surface area contributed by atoms with E-state index in [0.29, 0.717) is 19.5 Å². The first-order valence-electron chi connectivity index (χ1n) is 9.41. The van der Waals surface area contributed by atoms with Crippen molar-refractivity contribution in [2.75, 3.05) is 11.9 Å². The summed E-state index contributed by atoms with van der Waals surface area (Å²) in [5.41, 5.74) is 3.12. The molecule has 5 heteroatoms. The van der Waals surface area contributed by atoms with Gasteiger partial charge in [0.05, 0.1) is 6.10 Å². The zero-order valence-corrected chi connectivity index (χ0v) is 15.2. The van der Waals surface area contributed by atoms with E-state index in [2.05, 4.69) is 5.32 Å². The molecule has 3 rings (SSSR count). The molecule has 1 fully saturated rings. The number of nitrogens with zero attached hydrogens (tertiary/aromatic N) is 1. The number of anilines is 1. The minimum Gasteiger partial charge on any atom is -0.365 e. The average Bonchev–Trinajstić information content (AvgIpc) is 3.11. The lowest BCUT2D eigenvalue weighted by atomic mass is 9.97. The summed E-state index contributed by atoms with van der Waals surface area (Å²) >= 11 is 0. The standard InChI is InChI=1S/C20H28N2O3/c1-3-19(25-16-8-4-5-9-16)20(24)22-12-11-17-15(13-22)7-6-10-18(17)21-14(2)23/h6-7,10,16,19H,3-5,8-9,11-13H2,1-2H3,(H,21,23)/t19-/m1/s1. The van der Waals surface area contributed by atoms with E-state index >= 15 is 0 Å². The fourth-order valence-electron chi connectivity index (χ4n) is 3.89. The van der Waals surface area contributed by atoms with E-state index < -0.39 is 0 Å². The van der Waals surface area contributed by atoms with Crippen molar-refractivity contribution in [2.45, 2.75) is 71.1 Å². The van der Waals surface area contributed by atoms with Gasteiger partial charge in [-0.2, -0.15) is 0 Å². The van der Waals surface area contributed by atoms with Crippen molar-refractivity contribution in [3.63, 3.8) is 0 Å². The molecule has 1 saturated carbocycles. The fourth-order valence-corrected chi connectivity index (χ4v) is 3.89. The first-order chi connectivity index (χ1) is 12.1. The van der Waals surface area contributed by atoms with Crippen molar-refractivity contribution in [3.8, 4) is 0 Å². The van der Waals surface area contributed by atoms with Crippen molar-refractivity contribution >= 4 is 17.5 Å². The maximum absolute atomic E-state index is 12.9. The lowest BCUT2D eigenvalue weighted by Crippen LogP contribution is -2.44. The molecular weight excluding hydrogens is 316 g/mol. The SMILES string of the molecule is CC[C@@H](OC1CCCC1)C(=O)N1CCc2c(cccc2NC(C)=O)C1. The minimum absolute atomic E-state index is 0.0667. The average molecular weight is 344 g/mol. The third kappa shape index (κ3) is 4.21. The van der Waals surface area contributed by atoms with Crippen LogP contribution in [0.15, 0.2) is 18.2 Å². The summed E-state index contributed by atoms with van der Waals surface area (Å²) in [5, 5.41) is 2.89. The van der Waals surface area contributed by atoms with Gasteiger partial charge in [0.15, 0.2) is 0 Å². The molecule has 1 heterocycles. The molecule has 0 unspecified atom stereocenters. The third-order valence-corrected chi connectivity index (χ3v) is 5.19. The fraction of sp³-hybridized carbons (Fsp3) is 0.600. The number of hydrogen-bond donors (Lipinski definition) is 1. The highest BCUT2D eigenvalue weighted by Crippen LogP contribution is 2.28. The highest BCUT2D eigenvalue weighted by Gasteiger charge is 2.30. The summed E-state index contributed by atoms with van der Waals surface area (Å²) in [6.07, 6.45) is 5.96. The van der Waals surface area contributed by atoms with Crippen molar-refractivity contribution in [2.24, 2.45) is 0 Å². The van der Waals surface area contributed by atoms with Crippen LogP contribution in [0.4, 0.5) is 5.69 Å². The van der Waals surface area contributed by atoms with Crippen LogP contribution in [-0.2, 0) is 27.3 Å². The molecule has 1 N–H and O–H groups in total. The molecule has 2 aliphatic rings. The van der Waals surface area contributed by atoms with Crippen LogP contribution in [0.3, 0.4) is 0 Å². The number of ether oxygens (including phenoxy) is 1. The lowest BCUT2D eigenvalue weighted by Gasteiger charge is -2.33. The molecule has 0 saturated heterocycles. The number of carbonyl (C=O) groups excluding carboxylic acids is 2. The topological polar surface area (TPSA) is 58.6 Å². The van der Waals surface area contributed by atoms with E-state index in [1.54, 1.807) is 0 Å². The van der Waals surface area contributed by atoms with Crippen LogP contribution in [0.25, 0.3) is 0 Å². The normalized spacial score (nSPS) is 18.7. The first-order valence-corrected chi connectivity index (χ1v) is 9.41. The summed E-state index contributed by atoms with van der Waals surface area (Å²) in [5.74, 6) is 0.0351. The molecule has 1 aromatic rings. The van der Waals surface area contributed by atoms with Crippen LogP contribution in [0.1, 0.15) is 57.1 Å². The van der Waals surface area contributed by atoms with Gasteiger partial charge in [0.2, 0.25) is 5.91 Å². The maximum Gasteiger partial charge on any atom is 0.252 e. The van der Waals surface area contributed by atoms with Gasteiger partial charge < -0.3 is 15.0 Å². The predicted molar refractivity (Wildman–Crippen MR) is 97.3 cm³/mol. The second-order valence-electron chi connectivity index (χ2n) is 7.07. The number of hydrogen-bond acceptors (Lipinski definition) is 3. The summed E-state index contributed by atoms with van der Waals surface area (Å²) in [6.45, 7) is 4.80. The molecule has 0 spiro atoms. The van der Waals surface area contributed by atoms with Crippen molar-refractivity contribution in [1.29, 1.82) is 0 Å². The maximum atomic E-state index is 12.9. The smallest absolute Gasteiger partial charge is 0.252 e. The molecule has 2 amide bonds. The molecule has 5 nitrogen and oxygen atoms in total. The number of benzene rings is 1. The molecule has 136 valence electrons. The van der Waals surface area contributed by atoms with Crippen LogP contribution in [-0.4, -0.2) is 35.5 Å². The Bertz CT molecular complexity index is 638. The van der Waals surface area contributed by atoms with Crippen LogP contribution in [0.2, 0.25) is 0 Å². The molecule has 0 bridgehead atoms. The van der Waals surface area contributed by atoms with E-state index in [4.69, 9.17) is 4.74 Å². The van der Waals surface area contributed by atoms with Crippen LogP contribution in [0.5, 0.6) is 0 Å². The summed E-state index contributed by atoms with van der Waals surface area (Å²) in [6, 6.07) is 5.90. The van der Waals surface area contributed by atoms with Gasteiger partial charge in [-0.3, -0.25) is 9.59 Å². The number of rotatable bonds is 5. The summed E-state index contributed by atoms with van der Waals surface area (Å²) in [4.78, 5) is 26.2. The van der Waals surface area contributed by atoms with Crippen LogP contribution in [0, 0.1) is 0 Å². The van der Waals surface area contributed by atoms with Gasteiger partial charge >= 0.3 is 0 Å². The first kappa shape index (κ1) is 17.9. The molecule has 0 aromatic heterocycles. The van der Waals surface area contributed by atoms with Gasteiger partial charge in [0.25, 0.3) is 5.91 Å². The van der Waals surface area contributed by atoms with Gasteiger partial charge in [0.1, 0.15) is 6.10 Å². The van der Waals surface area contributed by atoms with Crippen molar-refractivity contribution in [1.82, 2.24) is 4.90 Å². The largest absolute Gasteiger partial charge is 0.365 e. The quantitative estimate of drug-likeness (QED) is 0.892. The number of carbonyl (C=O) groups is 2. The van der Waals surface area contributed by atoms with E-state index in [-0.39, 0.29) is 24.0 Å². The minimum atomic E-state index is -0.330. The monoisotopic (exact) mass is 344 g/mol. The highest BCUT2D eigenvalue weighted by molar-refractivity contribution is 5.90. The summed E-state index contributed by atoms with van der Waals surface area (Å²) in [7, 11) is 0. The molecule has 1 aliphatic carbocycles. The molecule has 0 radical (unpaired) electrons. The zero-order valence-electron chi connectivity index (χ0n) is 15.2. The lowest BCUT2D eigenvalue weighted by molar-refractivity contribution is -0.148. The van der Waals surface area contributed by atoms with Gasteiger partial charge in [0, 0.05) is 25.7 Å². The second-order valence-corrected chi connectivity index (χ2v) is 7.07. The Labute approximate surface area is 149 Å². The van der Waals surface area contributed by atoms with Gasteiger partial charge in [-0.05, 0) is 42.9 Å². The number of fused-ring (bicyclic) bond motifs is 1. The van der Waals surface area contributed by atoms with Crippen molar-refractivity contribution < 1.29 is 14.3 Å². The Morgan fingerprint density at radius 2 is 2.08 bits per heavy atom. The Morgan fingerprint density at radius 1 is 1.32 bits per heavy atom. The van der Waals surface area contributed by atoms with E-state index in [0.717, 1.165) is 36.1 Å². The van der Waals surface area contributed by atoms with Gasteiger partial charge in [-0.1, -0.05) is 31.9 Å². The molecule has 1 atom stereocenters. The Kier molecular flexibility index (Phi) is 5.74. The molecular formula is C20H28N2O3. The molecule has 1 aliphatic heterocycles. The van der Waals surface area contributed by atoms with E-state index in [1.165, 1.54) is 19.8 Å². The molecule has 25 heavy (non-hydrogen) atoms. The van der Waals surface area contributed by atoms with Crippen LogP contribution < -0.4 is 5.32 Å². The predicted octanol–water partition coefficient (Wildman–Crippen LogP) is 3.27. The Hall–Kier alpha value is -1.88. The van der Waals surface area contributed by atoms with Crippen molar-refractivity contribution in [3.05, 3.63) is 29.3 Å². The highest BCUT2D eigenvalue weighted by atomic mass is 16.5. The number of nitrogens with one attached hydrogen (secondary N) is 1. The Balaban J connectivity index is 1.68. The van der Waals surface area contributed by atoms with Gasteiger partial charge in [-0.15, -0.1) is 0 Å². The van der Waals surface area contributed by atoms with E-state index in [9.17, 15) is 9.59 Å². The summed E-state index contributed by atoms with van der Waals surface area (Å²) < 4.78 is 6.09. The molecule has 1 aromatic carbocycles. The van der Waals surface area contributed by atoms with E-state index in [1.807, 2.05) is 30.0 Å². The Morgan fingerprint density at radius 3 is 2.76 bits per heavy atom. The van der Waals surface area contributed by atoms with Crippen LogP contribution >= 0.6 is 0 Å². The third-order valence-electron chi connectivity index (χ3n) is 5.19. The van der Waals surface area contributed by atoms with Gasteiger partial charge in [-0.25, -0.2) is 0 Å².